The van der Waals surface area contributed by atoms with Gasteiger partial charge in [-0.05, 0) is 54.1 Å². The molecule has 2 nitrogen and oxygen atoms in total. The maximum Gasteiger partial charge on any atom is 0.140 e. The third kappa shape index (κ3) is 3.35. The van der Waals surface area contributed by atoms with Crippen LogP contribution in [0, 0.1) is 17.4 Å². The number of halogens is 1. The van der Waals surface area contributed by atoms with Crippen LogP contribution < -0.4 is 0 Å². The fraction of sp³-hybridized carbons (Fsp3) is 0.167. The molecule has 1 aromatic heterocycles. The number of imidazole rings is 1. The molecule has 2 aromatic carbocycles. The van der Waals surface area contributed by atoms with E-state index in [2.05, 4.69) is 88.5 Å². The Kier molecular flexibility index (Phi) is 4.10. The van der Waals surface area contributed by atoms with E-state index in [-0.39, 0.29) is 0 Å². The highest BCUT2D eigenvalue weighted by Gasteiger charge is 2.07. The molecule has 0 saturated heterocycles. The van der Waals surface area contributed by atoms with Crippen LogP contribution in [0.5, 0.6) is 0 Å². The highest BCUT2D eigenvalue weighted by atomic mass is 127. The molecule has 3 aromatic rings. The summed E-state index contributed by atoms with van der Waals surface area (Å²) in [7, 11) is 0. The van der Waals surface area contributed by atoms with Crippen molar-refractivity contribution in [1.29, 1.82) is 0 Å². The van der Waals surface area contributed by atoms with Crippen LogP contribution in [0.3, 0.4) is 0 Å². The second kappa shape index (κ2) is 6.02. The highest BCUT2D eigenvalue weighted by molar-refractivity contribution is 14.1. The molecule has 0 atom stereocenters. The molecule has 0 radical (unpaired) electrons. The van der Waals surface area contributed by atoms with Crippen molar-refractivity contribution >= 4 is 22.6 Å². The lowest BCUT2D eigenvalue weighted by molar-refractivity contribution is 0.805. The molecule has 0 bridgehead atoms. The van der Waals surface area contributed by atoms with Crippen LogP contribution in [0.4, 0.5) is 0 Å². The third-order valence-corrected chi connectivity index (χ3v) is 4.10. The van der Waals surface area contributed by atoms with Crippen molar-refractivity contribution in [3.05, 3.63) is 75.1 Å². The summed E-state index contributed by atoms with van der Waals surface area (Å²) in [5.41, 5.74) is 5.09. The van der Waals surface area contributed by atoms with Crippen molar-refractivity contribution in [2.24, 2.45) is 0 Å². The summed E-state index contributed by atoms with van der Waals surface area (Å²) in [5.74, 6) is 1.02. The molecule has 0 fully saturated rings. The lowest BCUT2D eigenvalue weighted by Crippen LogP contribution is -2.02. The fourth-order valence-corrected chi connectivity index (χ4v) is 3.22. The quantitative estimate of drug-likeness (QED) is 0.589. The van der Waals surface area contributed by atoms with Crippen molar-refractivity contribution in [3.8, 4) is 11.4 Å². The minimum Gasteiger partial charge on any atom is -0.327 e. The first-order chi connectivity index (χ1) is 10.1. The fourth-order valence-electron chi connectivity index (χ4n) is 2.68. The van der Waals surface area contributed by atoms with Gasteiger partial charge in [0.25, 0.3) is 0 Å². The Bertz CT molecular complexity index is 754. The van der Waals surface area contributed by atoms with Crippen molar-refractivity contribution in [3.63, 3.8) is 0 Å². The number of aromatic nitrogens is 2. The van der Waals surface area contributed by atoms with Crippen LogP contribution in [0.1, 0.15) is 16.7 Å². The van der Waals surface area contributed by atoms with Crippen molar-refractivity contribution in [2.45, 2.75) is 20.4 Å². The summed E-state index contributed by atoms with van der Waals surface area (Å²) in [6.07, 6.45) is 3.92. The molecule has 1 heterocycles. The average molecular weight is 388 g/mol. The number of rotatable bonds is 3. The van der Waals surface area contributed by atoms with Gasteiger partial charge in [0.2, 0.25) is 0 Å². The number of nitrogens with zero attached hydrogens (tertiary/aromatic N) is 2. The van der Waals surface area contributed by atoms with E-state index in [1.54, 1.807) is 0 Å². The number of hydrogen-bond acceptors (Lipinski definition) is 1. The third-order valence-electron chi connectivity index (χ3n) is 3.43. The Balaban J connectivity index is 1.96. The average Bonchev–Trinajstić information content (AvgIpc) is 2.85. The van der Waals surface area contributed by atoms with Crippen molar-refractivity contribution in [2.75, 3.05) is 0 Å². The van der Waals surface area contributed by atoms with E-state index in [1.165, 1.54) is 20.3 Å². The topological polar surface area (TPSA) is 17.8 Å². The van der Waals surface area contributed by atoms with Gasteiger partial charge in [-0.1, -0.05) is 41.5 Å². The lowest BCUT2D eigenvalue weighted by atomic mass is 10.1. The largest absolute Gasteiger partial charge is 0.327 e. The monoisotopic (exact) mass is 388 g/mol. The SMILES string of the molecule is Cc1cc(C)cc(Cn2ccnc2-c2cccc(I)c2)c1. The van der Waals surface area contributed by atoms with E-state index in [0.29, 0.717) is 0 Å². The molecule has 106 valence electrons. The first-order valence-corrected chi connectivity index (χ1v) is 8.04. The second-order valence-electron chi connectivity index (χ2n) is 5.39. The lowest BCUT2D eigenvalue weighted by Gasteiger charge is -2.10. The van der Waals surface area contributed by atoms with Crippen LogP contribution in [-0.2, 0) is 6.54 Å². The molecule has 0 saturated carbocycles. The van der Waals surface area contributed by atoms with Gasteiger partial charge in [0.1, 0.15) is 5.82 Å². The summed E-state index contributed by atoms with van der Waals surface area (Å²) in [4.78, 5) is 4.53. The standard InChI is InChI=1S/C18H17IN2/c1-13-8-14(2)10-15(9-13)12-21-7-6-20-18(21)16-4-3-5-17(19)11-16/h3-11H,12H2,1-2H3. The molecular formula is C18H17IN2. The van der Waals surface area contributed by atoms with Gasteiger partial charge in [-0.2, -0.15) is 0 Å². The van der Waals surface area contributed by atoms with Gasteiger partial charge in [0, 0.05) is 28.1 Å². The maximum atomic E-state index is 4.53. The Morgan fingerprint density at radius 1 is 1.05 bits per heavy atom. The van der Waals surface area contributed by atoms with Gasteiger partial charge in [-0.3, -0.25) is 0 Å². The van der Waals surface area contributed by atoms with Crippen LogP contribution in [0.2, 0.25) is 0 Å². The molecule has 0 aliphatic heterocycles. The Hall–Kier alpha value is -1.62. The van der Waals surface area contributed by atoms with Crippen molar-refractivity contribution < 1.29 is 0 Å². The zero-order valence-corrected chi connectivity index (χ0v) is 14.3. The predicted molar refractivity (Wildman–Crippen MR) is 95.4 cm³/mol. The molecule has 0 unspecified atom stereocenters. The smallest absolute Gasteiger partial charge is 0.140 e. The van der Waals surface area contributed by atoms with E-state index in [9.17, 15) is 0 Å². The van der Waals surface area contributed by atoms with E-state index >= 15 is 0 Å². The predicted octanol–water partition coefficient (Wildman–Crippen LogP) is 4.82. The number of aryl methyl sites for hydroxylation is 2. The second-order valence-corrected chi connectivity index (χ2v) is 6.63. The van der Waals surface area contributed by atoms with E-state index in [0.717, 1.165) is 17.9 Å². The number of hydrogen-bond donors (Lipinski definition) is 0. The van der Waals surface area contributed by atoms with Gasteiger partial charge in [-0.25, -0.2) is 4.98 Å². The molecule has 3 rings (SSSR count). The molecule has 21 heavy (non-hydrogen) atoms. The highest BCUT2D eigenvalue weighted by Crippen LogP contribution is 2.21. The van der Waals surface area contributed by atoms with Crippen LogP contribution in [0.15, 0.2) is 54.9 Å². The first kappa shape index (κ1) is 14.3. The van der Waals surface area contributed by atoms with Gasteiger partial charge in [0.05, 0.1) is 0 Å². The minimum atomic E-state index is 0.851. The molecule has 3 heteroatoms. The summed E-state index contributed by atoms with van der Waals surface area (Å²) in [6, 6.07) is 15.1. The van der Waals surface area contributed by atoms with Gasteiger partial charge in [0.15, 0.2) is 0 Å². The summed E-state index contributed by atoms with van der Waals surface area (Å²) < 4.78 is 3.44. The molecular weight excluding hydrogens is 371 g/mol. The Morgan fingerprint density at radius 2 is 1.81 bits per heavy atom. The number of benzene rings is 2. The van der Waals surface area contributed by atoms with E-state index in [4.69, 9.17) is 0 Å². The zero-order chi connectivity index (χ0) is 14.8. The summed E-state index contributed by atoms with van der Waals surface area (Å²) >= 11 is 2.34. The molecule has 0 N–H and O–H groups in total. The van der Waals surface area contributed by atoms with Crippen molar-refractivity contribution in [1.82, 2.24) is 9.55 Å². The maximum absolute atomic E-state index is 4.53. The molecule has 0 amide bonds. The summed E-state index contributed by atoms with van der Waals surface area (Å²) in [5, 5.41) is 0. The van der Waals surface area contributed by atoms with E-state index < -0.39 is 0 Å². The Labute approximate surface area is 139 Å². The molecule has 0 aliphatic carbocycles. The van der Waals surface area contributed by atoms with Gasteiger partial charge < -0.3 is 4.57 Å². The zero-order valence-electron chi connectivity index (χ0n) is 12.2. The van der Waals surface area contributed by atoms with Crippen LogP contribution in [0.25, 0.3) is 11.4 Å². The van der Waals surface area contributed by atoms with Crippen LogP contribution in [-0.4, -0.2) is 9.55 Å². The van der Waals surface area contributed by atoms with Gasteiger partial charge >= 0.3 is 0 Å². The normalized spacial score (nSPS) is 10.8. The van der Waals surface area contributed by atoms with E-state index in [1.807, 2.05) is 12.4 Å². The molecule has 0 spiro atoms. The first-order valence-electron chi connectivity index (χ1n) is 6.96. The van der Waals surface area contributed by atoms with Gasteiger partial charge in [-0.15, -0.1) is 0 Å². The minimum absolute atomic E-state index is 0.851. The van der Waals surface area contributed by atoms with Crippen LogP contribution >= 0.6 is 22.6 Å². The molecule has 0 aliphatic rings. The Morgan fingerprint density at radius 3 is 2.52 bits per heavy atom. The summed E-state index contributed by atoms with van der Waals surface area (Å²) in [6.45, 7) is 5.14.